The van der Waals surface area contributed by atoms with Crippen molar-refractivity contribution < 1.29 is 0 Å². The largest absolute Gasteiger partial charge is 0.385 e. The van der Waals surface area contributed by atoms with Crippen molar-refractivity contribution in [2.45, 2.75) is 29.3 Å². The molecule has 1 aliphatic carbocycles. The van der Waals surface area contributed by atoms with Crippen LogP contribution in [-0.4, -0.2) is 21.7 Å². The summed E-state index contributed by atoms with van der Waals surface area (Å²) in [4.78, 5) is 5.27. The maximum absolute atomic E-state index is 4.11. The normalized spacial score (nSPS) is 18.1. The predicted octanol–water partition coefficient (Wildman–Crippen LogP) is 3.72. The highest BCUT2D eigenvalue weighted by Gasteiger charge is 2.09. The van der Waals surface area contributed by atoms with Crippen LogP contribution in [0, 0.1) is 5.92 Å². The molecule has 104 valence electrons. The number of hydrogen-bond acceptors (Lipinski definition) is 4. The topological polar surface area (TPSA) is 53.6 Å². The van der Waals surface area contributed by atoms with Gasteiger partial charge in [0.25, 0.3) is 0 Å². The van der Waals surface area contributed by atoms with E-state index in [1.54, 1.807) is 11.8 Å². The highest BCUT2D eigenvalue weighted by Crippen LogP contribution is 2.25. The van der Waals surface area contributed by atoms with Gasteiger partial charge in [-0.15, -0.1) is 0 Å². The van der Waals surface area contributed by atoms with E-state index in [2.05, 4.69) is 56.9 Å². The van der Waals surface area contributed by atoms with Crippen molar-refractivity contribution in [2.75, 3.05) is 11.9 Å². The first-order chi connectivity index (χ1) is 9.90. The van der Waals surface area contributed by atoms with E-state index in [0.29, 0.717) is 0 Å². The molecular weight excluding hydrogens is 268 g/mol. The summed E-state index contributed by atoms with van der Waals surface area (Å²) in [5.41, 5.74) is 1.18. The van der Waals surface area contributed by atoms with Crippen LogP contribution in [0.2, 0.25) is 0 Å². The first kappa shape index (κ1) is 13.2. The fourth-order valence-corrected chi connectivity index (χ4v) is 2.99. The maximum atomic E-state index is 4.11. The summed E-state index contributed by atoms with van der Waals surface area (Å²) in [5.74, 6) is 0.767. The van der Waals surface area contributed by atoms with E-state index in [-0.39, 0.29) is 0 Å². The Morgan fingerprint density at radius 1 is 1.25 bits per heavy atom. The summed E-state index contributed by atoms with van der Waals surface area (Å²) in [6, 6.07) is 8.46. The van der Waals surface area contributed by atoms with Crippen molar-refractivity contribution in [3.63, 3.8) is 0 Å². The standard InChI is InChI=1S/C15H18N4S/c1-2-4-12(5-3-1)10-16-13-6-8-14(9-7-13)20-15-17-11-18-19-15/h1-2,6-9,11-12,16H,3-5,10H2,(H,17,18,19). The van der Waals surface area contributed by atoms with Gasteiger partial charge in [-0.1, -0.05) is 23.9 Å². The first-order valence-corrected chi connectivity index (χ1v) is 7.74. The van der Waals surface area contributed by atoms with Gasteiger partial charge >= 0.3 is 0 Å². The van der Waals surface area contributed by atoms with Gasteiger partial charge in [0.15, 0.2) is 5.16 Å². The molecule has 1 atom stereocenters. The second-order valence-electron chi connectivity index (χ2n) is 4.95. The minimum atomic E-state index is 0.767. The van der Waals surface area contributed by atoms with Crippen molar-refractivity contribution in [1.82, 2.24) is 15.2 Å². The second kappa shape index (κ2) is 6.61. The number of benzene rings is 1. The fourth-order valence-electron chi connectivity index (χ4n) is 2.30. The number of H-pyrrole nitrogens is 1. The minimum Gasteiger partial charge on any atom is -0.385 e. The SMILES string of the molecule is C1=CCC(CNc2ccc(Sc3ncn[nH]3)cc2)CC1. The fraction of sp³-hybridized carbons (Fsp3) is 0.333. The van der Waals surface area contributed by atoms with Gasteiger partial charge in [-0.3, -0.25) is 5.10 Å². The van der Waals surface area contributed by atoms with Gasteiger partial charge in [-0.2, -0.15) is 5.10 Å². The lowest BCUT2D eigenvalue weighted by atomic mass is 9.94. The molecule has 2 aromatic rings. The lowest BCUT2D eigenvalue weighted by Crippen LogP contribution is -2.15. The van der Waals surface area contributed by atoms with Gasteiger partial charge in [0.05, 0.1) is 0 Å². The monoisotopic (exact) mass is 286 g/mol. The molecule has 1 aromatic heterocycles. The van der Waals surface area contributed by atoms with Gasteiger partial charge in [0.1, 0.15) is 6.33 Å². The molecule has 1 heterocycles. The molecule has 0 bridgehead atoms. The lowest BCUT2D eigenvalue weighted by molar-refractivity contribution is 0.504. The van der Waals surface area contributed by atoms with Crippen LogP contribution in [0.1, 0.15) is 19.3 Å². The summed E-state index contributed by atoms with van der Waals surface area (Å²) in [6.07, 6.45) is 9.82. The Kier molecular flexibility index (Phi) is 4.38. The molecule has 0 saturated carbocycles. The highest BCUT2D eigenvalue weighted by molar-refractivity contribution is 7.99. The summed E-state index contributed by atoms with van der Waals surface area (Å²) in [5, 5.41) is 11.0. The van der Waals surface area contributed by atoms with Crippen LogP contribution in [0.4, 0.5) is 5.69 Å². The minimum absolute atomic E-state index is 0.767. The molecule has 0 amide bonds. The summed E-state index contributed by atoms with van der Waals surface area (Å²) in [6.45, 7) is 1.05. The zero-order valence-electron chi connectivity index (χ0n) is 11.2. The Morgan fingerprint density at radius 3 is 2.85 bits per heavy atom. The smallest absolute Gasteiger partial charge is 0.188 e. The Labute approximate surface area is 123 Å². The van der Waals surface area contributed by atoms with E-state index in [4.69, 9.17) is 0 Å². The lowest BCUT2D eigenvalue weighted by Gasteiger charge is -2.18. The molecule has 5 heteroatoms. The molecular formula is C15H18N4S. The molecule has 0 saturated heterocycles. The zero-order chi connectivity index (χ0) is 13.6. The second-order valence-corrected chi connectivity index (χ2v) is 6.01. The third-order valence-electron chi connectivity index (χ3n) is 3.43. The maximum Gasteiger partial charge on any atom is 0.188 e. The first-order valence-electron chi connectivity index (χ1n) is 6.92. The average Bonchev–Trinajstić information content (AvgIpc) is 3.01. The van der Waals surface area contributed by atoms with Crippen molar-refractivity contribution in [1.29, 1.82) is 0 Å². The molecule has 0 aliphatic heterocycles. The zero-order valence-corrected chi connectivity index (χ0v) is 12.1. The Bertz CT molecular complexity index is 548. The quantitative estimate of drug-likeness (QED) is 0.822. The molecule has 3 rings (SSSR count). The van der Waals surface area contributed by atoms with Crippen LogP contribution in [0.25, 0.3) is 0 Å². The number of aromatic nitrogens is 3. The number of hydrogen-bond donors (Lipinski definition) is 2. The number of rotatable bonds is 5. The predicted molar refractivity (Wildman–Crippen MR) is 81.9 cm³/mol. The van der Waals surface area contributed by atoms with Crippen molar-refractivity contribution in [3.8, 4) is 0 Å². The molecule has 20 heavy (non-hydrogen) atoms. The number of anilines is 1. The third kappa shape index (κ3) is 3.63. The Balaban J connectivity index is 1.52. The molecule has 4 nitrogen and oxygen atoms in total. The highest BCUT2D eigenvalue weighted by atomic mass is 32.2. The van der Waals surface area contributed by atoms with Gasteiger partial charge in [-0.25, -0.2) is 4.98 Å². The third-order valence-corrected chi connectivity index (χ3v) is 4.33. The Hall–Kier alpha value is -1.75. The molecule has 0 fully saturated rings. The van der Waals surface area contributed by atoms with Gasteiger partial charge < -0.3 is 5.32 Å². The van der Waals surface area contributed by atoms with Crippen LogP contribution < -0.4 is 5.32 Å². The van der Waals surface area contributed by atoms with Crippen molar-refractivity contribution >= 4 is 17.4 Å². The number of aromatic amines is 1. The van der Waals surface area contributed by atoms with Crippen molar-refractivity contribution in [2.24, 2.45) is 5.92 Å². The van der Waals surface area contributed by atoms with Crippen molar-refractivity contribution in [3.05, 3.63) is 42.7 Å². The molecule has 1 aromatic carbocycles. The summed E-state index contributed by atoms with van der Waals surface area (Å²) < 4.78 is 0. The van der Waals surface area contributed by atoms with Gasteiger partial charge in [0.2, 0.25) is 0 Å². The van der Waals surface area contributed by atoms with E-state index >= 15 is 0 Å². The van der Waals surface area contributed by atoms with Crippen LogP contribution in [0.15, 0.2) is 52.8 Å². The van der Waals surface area contributed by atoms with Crippen LogP contribution in [-0.2, 0) is 0 Å². The molecule has 1 unspecified atom stereocenters. The summed E-state index contributed by atoms with van der Waals surface area (Å²) in [7, 11) is 0. The molecule has 1 aliphatic rings. The molecule has 0 spiro atoms. The Morgan fingerprint density at radius 2 is 2.15 bits per heavy atom. The van der Waals surface area contributed by atoms with E-state index < -0.39 is 0 Å². The van der Waals surface area contributed by atoms with E-state index in [9.17, 15) is 0 Å². The van der Waals surface area contributed by atoms with Gasteiger partial charge in [-0.05, 0) is 49.4 Å². The molecule has 2 N–H and O–H groups in total. The van der Waals surface area contributed by atoms with E-state index in [0.717, 1.165) is 22.5 Å². The molecule has 0 radical (unpaired) electrons. The number of nitrogens with zero attached hydrogens (tertiary/aromatic N) is 2. The van der Waals surface area contributed by atoms with Crippen LogP contribution in [0.5, 0.6) is 0 Å². The van der Waals surface area contributed by atoms with E-state index in [1.165, 1.54) is 31.3 Å². The van der Waals surface area contributed by atoms with Gasteiger partial charge in [0, 0.05) is 17.1 Å². The van der Waals surface area contributed by atoms with E-state index in [1.807, 2.05) is 0 Å². The summed E-state index contributed by atoms with van der Waals surface area (Å²) >= 11 is 1.58. The van der Waals surface area contributed by atoms with Crippen LogP contribution in [0.3, 0.4) is 0 Å². The number of allylic oxidation sites excluding steroid dienone is 2. The average molecular weight is 286 g/mol. The van der Waals surface area contributed by atoms with Crippen LogP contribution >= 0.6 is 11.8 Å². The number of nitrogens with one attached hydrogen (secondary N) is 2.